The summed E-state index contributed by atoms with van der Waals surface area (Å²) in [5, 5.41) is 18.2. The quantitative estimate of drug-likeness (QED) is 0.259. The van der Waals surface area contributed by atoms with Gasteiger partial charge in [0.1, 0.15) is 24.7 Å². The topological polar surface area (TPSA) is 93.1 Å². The largest absolute Gasteiger partial charge is 0.488 e. The minimum Gasteiger partial charge on any atom is -0.488 e. The molecule has 2 aromatic carbocycles. The lowest BCUT2D eigenvalue weighted by Gasteiger charge is -2.15. The maximum atomic E-state index is 11.2. The van der Waals surface area contributed by atoms with E-state index < -0.39 is 11.9 Å². The van der Waals surface area contributed by atoms with Crippen molar-refractivity contribution >= 4 is 91.6 Å². The van der Waals surface area contributed by atoms with Crippen molar-refractivity contribution in [3.8, 4) is 11.5 Å². The molecular weight excluding hydrogens is 688 g/mol. The van der Waals surface area contributed by atoms with Crippen LogP contribution in [0, 0.1) is 0 Å². The number of carboxylic acid groups (broad SMARTS) is 2. The lowest BCUT2D eigenvalue weighted by molar-refractivity contribution is 0.0685. The van der Waals surface area contributed by atoms with Gasteiger partial charge in [-0.25, -0.2) is 9.59 Å². The third-order valence-corrected chi connectivity index (χ3v) is 7.05. The summed E-state index contributed by atoms with van der Waals surface area (Å²) in [5.41, 5.74) is 0.206. The predicted molar refractivity (Wildman–Crippen MR) is 116 cm³/mol. The van der Waals surface area contributed by atoms with Crippen LogP contribution in [0.2, 0.25) is 0 Å². The van der Waals surface area contributed by atoms with Crippen molar-refractivity contribution in [3.63, 3.8) is 0 Å². The van der Waals surface area contributed by atoms with E-state index in [0.717, 1.165) is 0 Å². The van der Waals surface area contributed by atoms with Crippen LogP contribution < -0.4 is 9.47 Å². The number of aromatic carboxylic acids is 2. The molecule has 2 aromatic rings. The van der Waals surface area contributed by atoms with E-state index in [1.807, 2.05) is 0 Å². The van der Waals surface area contributed by atoms with Crippen LogP contribution in [0.3, 0.4) is 0 Å². The van der Waals surface area contributed by atoms with Gasteiger partial charge in [0.25, 0.3) is 0 Å². The number of benzene rings is 2. The monoisotopic (exact) mass is 692 g/mol. The summed E-state index contributed by atoms with van der Waals surface area (Å²) < 4.78 is 13.6. The molecule has 0 saturated carbocycles. The molecule has 0 unspecified atom stereocenters. The molecular formula is C16H9Br5O6. The SMILES string of the molecule is O=C(O)c1cc(Br)c(OCCOc2c(Br)cc(C(=O)O)c(Br)c2Br)c(Br)c1. The molecule has 0 heterocycles. The summed E-state index contributed by atoms with van der Waals surface area (Å²) in [6.45, 7) is 0.330. The first kappa shape index (κ1) is 22.7. The number of hydrogen-bond donors (Lipinski definition) is 2. The highest BCUT2D eigenvalue weighted by atomic mass is 79.9. The highest BCUT2D eigenvalue weighted by Crippen LogP contribution is 2.41. The zero-order valence-electron chi connectivity index (χ0n) is 13.1. The van der Waals surface area contributed by atoms with E-state index in [4.69, 9.17) is 14.6 Å². The maximum Gasteiger partial charge on any atom is 0.336 e. The van der Waals surface area contributed by atoms with E-state index in [0.29, 0.717) is 33.9 Å². The zero-order valence-corrected chi connectivity index (χ0v) is 21.0. The molecule has 0 bridgehead atoms. The Morgan fingerprint density at radius 3 is 1.70 bits per heavy atom. The van der Waals surface area contributed by atoms with Crippen LogP contribution in [0.15, 0.2) is 40.6 Å². The smallest absolute Gasteiger partial charge is 0.336 e. The Labute approximate surface area is 195 Å². The molecule has 11 heteroatoms. The van der Waals surface area contributed by atoms with Crippen LogP contribution in [-0.2, 0) is 0 Å². The highest BCUT2D eigenvalue weighted by molar-refractivity contribution is 9.13. The summed E-state index contributed by atoms with van der Waals surface area (Å²) in [5.74, 6) is -1.24. The van der Waals surface area contributed by atoms with Crippen LogP contribution >= 0.6 is 79.6 Å². The van der Waals surface area contributed by atoms with Gasteiger partial charge in [0.2, 0.25) is 0 Å². The fraction of sp³-hybridized carbons (Fsp3) is 0.125. The average Bonchev–Trinajstić information content (AvgIpc) is 2.58. The maximum absolute atomic E-state index is 11.2. The van der Waals surface area contributed by atoms with Crippen LogP contribution in [0.25, 0.3) is 0 Å². The first-order chi connectivity index (χ1) is 12.6. The fourth-order valence-corrected chi connectivity index (χ4v) is 5.20. The molecule has 0 amide bonds. The molecule has 0 aliphatic rings. The van der Waals surface area contributed by atoms with Crippen LogP contribution in [0.4, 0.5) is 0 Å². The van der Waals surface area contributed by atoms with Gasteiger partial charge >= 0.3 is 11.9 Å². The Bertz CT molecular complexity index is 892. The van der Waals surface area contributed by atoms with Crippen molar-refractivity contribution in [1.82, 2.24) is 0 Å². The van der Waals surface area contributed by atoms with Gasteiger partial charge in [0, 0.05) is 0 Å². The normalized spacial score (nSPS) is 10.6. The molecule has 6 nitrogen and oxygen atoms in total. The van der Waals surface area contributed by atoms with Gasteiger partial charge in [-0.05, 0) is 97.8 Å². The zero-order chi connectivity index (χ0) is 20.3. The molecule has 27 heavy (non-hydrogen) atoms. The van der Waals surface area contributed by atoms with Crippen LogP contribution in [-0.4, -0.2) is 35.4 Å². The molecule has 0 saturated heterocycles. The summed E-state index contributed by atoms with van der Waals surface area (Å²) in [6, 6.07) is 4.32. The first-order valence-corrected chi connectivity index (χ1v) is 11.0. The Balaban J connectivity index is 2.07. The standard InChI is InChI=1S/C16H9Br5O6/c17-8-3-6(15(22)23)4-9(18)13(8)26-1-2-27-14-10(19)5-7(16(24)25)11(20)12(14)21/h3-5H,1-2H2,(H,22,23)(H,24,25). The van der Waals surface area contributed by atoms with Gasteiger partial charge in [-0.3, -0.25) is 0 Å². The van der Waals surface area contributed by atoms with E-state index in [-0.39, 0.29) is 24.3 Å². The van der Waals surface area contributed by atoms with Gasteiger partial charge in [-0.15, -0.1) is 0 Å². The van der Waals surface area contributed by atoms with Gasteiger partial charge in [-0.1, -0.05) is 0 Å². The van der Waals surface area contributed by atoms with Crippen molar-refractivity contribution in [1.29, 1.82) is 0 Å². The Morgan fingerprint density at radius 2 is 1.22 bits per heavy atom. The van der Waals surface area contributed by atoms with Crippen molar-refractivity contribution in [2.75, 3.05) is 13.2 Å². The second-order valence-corrected chi connectivity index (χ2v) is 9.09. The molecule has 2 N–H and O–H groups in total. The van der Waals surface area contributed by atoms with Crippen molar-refractivity contribution in [3.05, 3.63) is 51.7 Å². The van der Waals surface area contributed by atoms with Crippen LogP contribution in [0.1, 0.15) is 20.7 Å². The third-order valence-electron chi connectivity index (χ3n) is 3.17. The second kappa shape index (κ2) is 9.73. The molecule has 0 radical (unpaired) electrons. The van der Waals surface area contributed by atoms with Gasteiger partial charge in [0.05, 0.1) is 33.5 Å². The molecule has 0 aliphatic heterocycles. The van der Waals surface area contributed by atoms with Crippen molar-refractivity contribution in [2.24, 2.45) is 0 Å². The molecule has 0 aliphatic carbocycles. The number of rotatable bonds is 7. The molecule has 0 aromatic heterocycles. The number of carboxylic acids is 2. The van der Waals surface area contributed by atoms with E-state index >= 15 is 0 Å². The number of ether oxygens (including phenoxy) is 2. The van der Waals surface area contributed by atoms with Gasteiger partial charge in [-0.2, -0.15) is 0 Å². The van der Waals surface area contributed by atoms with E-state index in [1.54, 1.807) is 0 Å². The van der Waals surface area contributed by atoms with Crippen molar-refractivity contribution < 1.29 is 29.3 Å². The Kier molecular flexibility index (Phi) is 8.17. The summed E-state index contributed by atoms with van der Waals surface area (Å²) in [6.07, 6.45) is 0. The van der Waals surface area contributed by atoms with Crippen LogP contribution in [0.5, 0.6) is 11.5 Å². The molecule has 0 spiro atoms. The lowest BCUT2D eigenvalue weighted by Crippen LogP contribution is -2.11. The Hall–Kier alpha value is -0.620. The average molecular weight is 697 g/mol. The fourth-order valence-electron chi connectivity index (χ4n) is 1.98. The predicted octanol–water partition coefficient (Wildman–Crippen LogP) is 6.35. The van der Waals surface area contributed by atoms with Crippen molar-refractivity contribution in [2.45, 2.75) is 0 Å². The molecule has 144 valence electrons. The third kappa shape index (κ3) is 5.47. The van der Waals surface area contributed by atoms with Gasteiger partial charge < -0.3 is 19.7 Å². The van der Waals surface area contributed by atoms with Gasteiger partial charge in [0.15, 0.2) is 0 Å². The minimum atomic E-state index is -1.07. The number of hydrogen-bond acceptors (Lipinski definition) is 4. The molecule has 0 fully saturated rings. The second-order valence-electron chi connectivity index (χ2n) is 4.94. The summed E-state index contributed by atoms with van der Waals surface area (Å²) in [4.78, 5) is 22.2. The molecule has 2 rings (SSSR count). The lowest BCUT2D eigenvalue weighted by atomic mass is 10.2. The van der Waals surface area contributed by atoms with E-state index in [2.05, 4.69) is 79.6 Å². The summed E-state index contributed by atoms with van der Waals surface area (Å²) >= 11 is 16.4. The highest BCUT2D eigenvalue weighted by Gasteiger charge is 2.19. The Morgan fingerprint density at radius 1 is 0.741 bits per heavy atom. The van der Waals surface area contributed by atoms with E-state index in [1.165, 1.54) is 18.2 Å². The molecule has 0 atom stereocenters. The van der Waals surface area contributed by atoms with E-state index in [9.17, 15) is 14.7 Å². The minimum absolute atomic E-state index is 0.0868. The summed E-state index contributed by atoms with van der Waals surface area (Å²) in [7, 11) is 0. The first-order valence-electron chi connectivity index (χ1n) is 7.02. The number of halogens is 5. The number of carbonyl (C=O) groups is 2.